The standard InChI is InChI=1S/C22H34BN5O6/c1-6-15(23-33-21(2,3)22(4,5)34-23)27-20(31)14(13-16(29)28-9-11-32-12-10-28)17-18(19(24)30)26-8-7-25-17/h7-8,14-15H,6,9-13H2,1-5H3,(H2,24,30)(H,27,31)/t14-,15+/m1/s1. The van der Waals surface area contributed by atoms with Crippen LogP contribution in [0.15, 0.2) is 12.4 Å². The minimum absolute atomic E-state index is 0.0675. The van der Waals surface area contributed by atoms with E-state index in [1.807, 2.05) is 34.6 Å². The average Bonchev–Trinajstić information content (AvgIpc) is 3.02. The fourth-order valence-corrected chi connectivity index (χ4v) is 3.92. The van der Waals surface area contributed by atoms with Gasteiger partial charge in [-0.3, -0.25) is 19.4 Å². The van der Waals surface area contributed by atoms with Crippen LogP contribution in [0.4, 0.5) is 0 Å². The molecule has 0 aliphatic carbocycles. The van der Waals surface area contributed by atoms with E-state index in [1.54, 1.807) is 4.90 Å². The first-order valence-corrected chi connectivity index (χ1v) is 11.6. The fraction of sp³-hybridized carbons (Fsp3) is 0.682. The lowest BCUT2D eigenvalue weighted by atomic mass is 9.76. The fourth-order valence-electron chi connectivity index (χ4n) is 3.92. The van der Waals surface area contributed by atoms with Crippen LogP contribution in [0, 0.1) is 0 Å². The Balaban J connectivity index is 1.85. The normalized spacial score (nSPS) is 21.1. The molecule has 12 heteroatoms. The van der Waals surface area contributed by atoms with Gasteiger partial charge in [-0.2, -0.15) is 0 Å². The lowest BCUT2D eigenvalue weighted by Crippen LogP contribution is -2.50. The highest BCUT2D eigenvalue weighted by Crippen LogP contribution is 2.38. The zero-order valence-electron chi connectivity index (χ0n) is 20.5. The van der Waals surface area contributed by atoms with Gasteiger partial charge < -0.3 is 30.0 Å². The predicted molar refractivity (Wildman–Crippen MR) is 124 cm³/mol. The van der Waals surface area contributed by atoms with Crippen molar-refractivity contribution in [3.63, 3.8) is 0 Å². The molecule has 2 fully saturated rings. The molecule has 2 saturated heterocycles. The van der Waals surface area contributed by atoms with Crippen molar-refractivity contribution in [3.8, 4) is 0 Å². The number of nitrogens with one attached hydrogen (secondary N) is 1. The zero-order valence-corrected chi connectivity index (χ0v) is 20.5. The summed E-state index contributed by atoms with van der Waals surface area (Å²) in [4.78, 5) is 48.4. The Morgan fingerprint density at radius 2 is 1.71 bits per heavy atom. The Hall–Kier alpha value is -2.57. The summed E-state index contributed by atoms with van der Waals surface area (Å²) in [5.41, 5.74) is 4.29. The highest BCUT2D eigenvalue weighted by Gasteiger charge is 2.54. The molecule has 2 aliphatic heterocycles. The summed E-state index contributed by atoms with van der Waals surface area (Å²) in [6.07, 6.45) is 3.02. The number of aromatic nitrogens is 2. The summed E-state index contributed by atoms with van der Waals surface area (Å²) in [7, 11) is -0.674. The van der Waals surface area contributed by atoms with Crippen molar-refractivity contribution in [1.29, 1.82) is 0 Å². The summed E-state index contributed by atoms with van der Waals surface area (Å²) in [5.74, 6) is -3.09. The van der Waals surface area contributed by atoms with E-state index in [-0.39, 0.29) is 23.7 Å². The molecule has 3 N–H and O–H groups in total. The predicted octanol–water partition coefficient (Wildman–Crippen LogP) is 0.434. The monoisotopic (exact) mass is 475 g/mol. The number of nitrogens with two attached hydrogens (primary N) is 1. The number of amides is 3. The smallest absolute Gasteiger partial charge is 0.402 e. The lowest BCUT2D eigenvalue weighted by Gasteiger charge is -2.32. The molecule has 0 aromatic carbocycles. The number of hydrogen-bond acceptors (Lipinski definition) is 8. The third kappa shape index (κ3) is 5.56. The summed E-state index contributed by atoms with van der Waals surface area (Å²) in [5, 5.41) is 2.95. The zero-order chi connectivity index (χ0) is 25.1. The van der Waals surface area contributed by atoms with Gasteiger partial charge in [-0.05, 0) is 34.1 Å². The van der Waals surface area contributed by atoms with Gasteiger partial charge in [-0.1, -0.05) is 6.92 Å². The van der Waals surface area contributed by atoms with Crippen LogP contribution >= 0.6 is 0 Å². The largest absolute Gasteiger partial charge is 0.481 e. The van der Waals surface area contributed by atoms with E-state index in [9.17, 15) is 14.4 Å². The third-order valence-electron chi connectivity index (χ3n) is 6.72. The molecule has 186 valence electrons. The molecule has 0 saturated carbocycles. The van der Waals surface area contributed by atoms with Crippen molar-refractivity contribution >= 4 is 24.8 Å². The second-order valence-electron chi connectivity index (χ2n) is 9.55. The Morgan fingerprint density at radius 3 is 2.26 bits per heavy atom. The molecule has 2 atom stereocenters. The highest BCUT2D eigenvalue weighted by atomic mass is 16.7. The topological polar surface area (TPSA) is 146 Å². The van der Waals surface area contributed by atoms with E-state index in [2.05, 4.69) is 15.3 Å². The van der Waals surface area contributed by atoms with Crippen molar-refractivity contribution in [2.75, 3.05) is 26.3 Å². The van der Waals surface area contributed by atoms with Crippen LogP contribution in [0.1, 0.15) is 69.6 Å². The van der Waals surface area contributed by atoms with Crippen LogP contribution in [0.2, 0.25) is 0 Å². The lowest BCUT2D eigenvalue weighted by molar-refractivity contribution is -0.138. The molecule has 1 aromatic rings. The van der Waals surface area contributed by atoms with Crippen LogP contribution in [0.5, 0.6) is 0 Å². The average molecular weight is 475 g/mol. The van der Waals surface area contributed by atoms with Gasteiger partial charge in [0, 0.05) is 31.9 Å². The molecule has 3 amide bonds. The minimum atomic E-state index is -1.07. The molecule has 0 unspecified atom stereocenters. The van der Waals surface area contributed by atoms with Crippen molar-refractivity contribution in [2.45, 2.75) is 70.5 Å². The first-order valence-electron chi connectivity index (χ1n) is 11.6. The molecule has 3 rings (SSSR count). The number of carbonyl (C=O) groups excluding carboxylic acids is 3. The van der Waals surface area contributed by atoms with Gasteiger partial charge in [0.15, 0.2) is 0 Å². The van der Waals surface area contributed by atoms with E-state index >= 15 is 0 Å². The van der Waals surface area contributed by atoms with E-state index < -0.39 is 42.0 Å². The first-order chi connectivity index (χ1) is 16.0. The van der Waals surface area contributed by atoms with Crippen molar-refractivity contribution in [3.05, 3.63) is 23.8 Å². The van der Waals surface area contributed by atoms with Gasteiger partial charge in [0.25, 0.3) is 5.91 Å². The van der Waals surface area contributed by atoms with Crippen molar-refractivity contribution in [2.24, 2.45) is 5.73 Å². The van der Waals surface area contributed by atoms with E-state index in [1.165, 1.54) is 12.4 Å². The van der Waals surface area contributed by atoms with Gasteiger partial charge in [0.2, 0.25) is 11.8 Å². The number of ether oxygens (including phenoxy) is 1. The highest BCUT2D eigenvalue weighted by molar-refractivity contribution is 6.48. The van der Waals surface area contributed by atoms with Crippen molar-refractivity contribution in [1.82, 2.24) is 20.2 Å². The molecule has 0 bridgehead atoms. The molecule has 0 spiro atoms. The summed E-state index contributed by atoms with van der Waals surface area (Å²) in [6, 6.07) is 0. The molecular formula is C22H34BN5O6. The third-order valence-corrected chi connectivity index (χ3v) is 6.72. The minimum Gasteiger partial charge on any atom is -0.402 e. The molecule has 11 nitrogen and oxygen atoms in total. The molecule has 34 heavy (non-hydrogen) atoms. The summed E-state index contributed by atoms with van der Waals surface area (Å²) in [6.45, 7) is 11.4. The number of morpholine rings is 1. The van der Waals surface area contributed by atoms with E-state index in [4.69, 9.17) is 19.8 Å². The van der Waals surface area contributed by atoms with Gasteiger partial charge in [-0.15, -0.1) is 0 Å². The Morgan fingerprint density at radius 1 is 1.12 bits per heavy atom. The van der Waals surface area contributed by atoms with E-state index in [0.717, 1.165) is 0 Å². The van der Waals surface area contributed by atoms with Gasteiger partial charge in [-0.25, -0.2) is 4.98 Å². The van der Waals surface area contributed by atoms with Gasteiger partial charge >= 0.3 is 7.12 Å². The first kappa shape index (κ1) is 26.0. The van der Waals surface area contributed by atoms with Crippen LogP contribution in [-0.2, 0) is 23.6 Å². The maximum atomic E-state index is 13.5. The van der Waals surface area contributed by atoms with Crippen LogP contribution in [0.3, 0.4) is 0 Å². The number of rotatable bonds is 8. The maximum absolute atomic E-state index is 13.5. The molecule has 0 radical (unpaired) electrons. The van der Waals surface area contributed by atoms with Crippen LogP contribution in [-0.4, -0.2) is 83.2 Å². The molecule has 3 heterocycles. The number of primary amides is 1. The Bertz CT molecular complexity index is 905. The van der Waals surface area contributed by atoms with Crippen molar-refractivity contribution < 1.29 is 28.4 Å². The Labute approximate surface area is 200 Å². The quantitative estimate of drug-likeness (QED) is 0.515. The SMILES string of the molecule is CC[C@H](NC(=O)[C@H](CC(=O)N1CCOCC1)c1nccnc1C(N)=O)B1OC(C)(C)C(C)(C)O1. The molecular weight excluding hydrogens is 441 g/mol. The van der Waals surface area contributed by atoms with E-state index in [0.29, 0.717) is 32.7 Å². The van der Waals surface area contributed by atoms with Gasteiger partial charge in [0.05, 0.1) is 42.0 Å². The second-order valence-corrected chi connectivity index (χ2v) is 9.55. The number of nitrogens with zero attached hydrogens (tertiary/aromatic N) is 3. The second kappa shape index (κ2) is 10.4. The molecule has 1 aromatic heterocycles. The van der Waals surface area contributed by atoms with Crippen LogP contribution in [0.25, 0.3) is 0 Å². The number of hydrogen-bond donors (Lipinski definition) is 2. The van der Waals surface area contributed by atoms with Gasteiger partial charge in [0.1, 0.15) is 5.69 Å². The molecule has 2 aliphatic rings. The number of carbonyl (C=O) groups is 3. The Kier molecular flexibility index (Phi) is 7.94. The van der Waals surface area contributed by atoms with Crippen LogP contribution < -0.4 is 11.1 Å². The maximum Gasteiger partial charge on any atom is 0.481 e. The summed E-state index contributed by atoms with van der Waals surface area (Å²) < 4.78 is 17.5. The summed E-state index contributed by atoms with van der Waals surface area (Å²) >= 11 is 0.